The monoisotopic (exact) mass is 212 g/mol. The summed E-state index contributed by atoms with van der Waals surface area (Å²) in [5.74, 6) is -4.86. The standard InChI is InChI=1S/C5F8/c6-3(7)1(4(8,9)10)2(3)5(11,12)13. The molecule has 0 aromatic heterocycles. The molecule has 1 aliphatic rings. The average molecular weight is 212 g/mol. The molecule has 13 heavy (non-hydrogen) atoms. The Balaban J connectivity index is 3.05. The molecule has 0 heterocycles. The summed E-state index contributed by atoms with van der Waals surface area (Å²) in [4.78, 5) is 0. The normalized spacial score (nSPS) is 22.2. The predicted octanol–water partition coefficient (Wildman–Crippen LogP) is 3.06. The molecule has 0 nitrogen and oxygen atoms in total. The fraction of sp³-hybridized carbons (Fsp3) is 0.600. The van der Waals surface area contributed by atoms with Gasteiger partial charge in [-0.3, -0.25) is 0 Å². The molecule has 0 atom stereocenters. The summed E-state index contributed by atoms with van der Waals surface area (Å²) in [6.07, 6.45) is -11.2. The highest BCUT2D eigenvalue weighted by Gasteiger charge is 2.75. The Bertz CT molecular complexity index is 237. The van der Waals surface area contributed by atoms with Gasteiger partial charge in [0.2, 0.25) is 0 Å². The van der Waals surface area contributed by atoms with Crippen molar-refractivity contribution in [2.45, 2.75) is 18.3 Å². The van der Waals surface area contributed by atoms with Crippen LogP contribution < -0.4 is 0 Å². The fourth-order valence-electron chi connectivity index (χ4n) is 0.875. The van der Waals surface area contributed by atoms with E-state index in [0.29, 0.717) is 0 Å². The highest BCUT2D eigenvalue weighted by molar-refractivity contribution is 5.54. The lowest BCUT2D eigenvalue weighted by Crippen LogP contribution is -2.15. The van der Waals surface area contributed by atoms with E-state index in [2.05, 4.69) is 0 Å². The minimum Gasteiger partial charge on any atom is -0.196 e. The summed E-state index contributed by atoms with van der Waals surface area (Å²) in [5, 5.41) is 0. The average Bonchev–Trinajstić information content (AvgIpc) is 2.29. The van der Waals surface area contributed by atoms with E-state index in [1.807, 2.05) is 0 Å². The van der Waals surface area contributed by atoms with Crippen molar-refractivity contribution in [1.29, 1.82) is 0 Å². The van der Waals surface area contributed by atoms with Crippen LogP contribution in [0, 0.1) is 0 Å². The number of hydrogen-bond donors (Lipinski definition) is 0. The molecule has 1 rings (SSSR count). The summed E-state index contributed by atoms with van der Waals surface area (Å²) in [7, 11) is 0. The third kappa shape index (κ3) is 1.49. The lowest BCUT2D eigenvalue weighted by Gasteiger charge is -2.02. The first-order valence-corrected chi connectivity index (χ1v) is 2.76. The molecular formula is C5F8. The maximum absolute atomic E-state index is 11.9. The van der Waals surface area contributed by atoms with Crippen LogP contribution in [0.15, 0.2) is 11.1 Å². The van der Waals surface area contributed by atoms with Crippen molar-refractivity contribution in [3.63, 3.8) is 0 Å². The number of allylic oxidation sites excluding steroid dienone is 2. The molecule has 0 spiro atoms. The molecule has 8 heteroatoms. The van der Waals surface area contributed by atoms with E-state index >= 15 is 0 Å². The number of hydrogen-bond acceptors (Lipinski definition) is 0. The van der Waals surface area contributed by atoms with E-state index in [4.69, 9.17) is 0 Å². The van der Waals surface area contributed by atoms with Crippen LogP contribution in [0.3, 0.4) is 0 Å². The van der Waals surface area contributed by atoms with Crippen molar-refractivity contribution in [3.05, 3.63) is 11.1 Å². The van der Waals surface area contributed by atoms with Gasteiger partial charge in [-0.05, 0) is 0 Å². The molecule has 76 valence electrons. The first-order valence-electron chi connectivity index (χ1n) is 2.76. The molecule has 0 radical (unpaired) electrons. The molecule has 0 saturated carbocycles. The van der Waals surface area contributed by atoms with Crippen LogP contribution in [0.4, 0.5) is 35.1 Å². The van der Waals surface area contributed by atoms with Gasteiger partial charge in [0.25, 0.3) is 0 Å². The summed E-state index contributed by atoms with van der Waals surface area (Å²) >= 11 is 0. The van der Waals surface area contributed by atoms with Gasteiger partial charge in [-0.2, -0.15) is 35.1 Å². The van der Waals surface area contributed by atoms with Crippen LogP contribution in [0.1, 0.15) is 0 Å². The van der Waals surface area contributed by atoms with Crippen LogP contribution in [0.5, 0.6) is 0 Å². The zero-order valence-corrected chi connectivity index (χ0v) is 5.52. The Morgan fingerprint density at radius 3 is 1.00 bits per heavy atom. The molecule has 1 aliphatic carbocycles. The second-order valence-electron chi connectivity index (χ2n) is 2.32. The Kier molecular flexibility index (Phi) is 1.70. The molecule has 0 unspecified atom stereocenters. The van der Waals surface area contributed by atoms with Crippen LogP contribution in [-0.4, -0.2) is 18.3 Å². The van der Waals surface area contributed by atoms with Crippen molar-refractivity contribution in [2.24, 2.45) is 0 Å². The summed E-state index contributed by atoms with van der Waals surface area (Å²) in [6, 6.07) is 0. The van der Waals surface area contributed by atoms with Crippen LogP contribution >= 0.6 is 0 Å². The molecule has 0 aromatic carbocycles. The summed E-state index contributed by atoms with van der Waals surface area (Å²) < 4.78 is 92.8. The van der Waals surface area contributed by atoms with Gasteiger partial charge in [-0.25, -0.2) is 0 Å². The molecular weight excluding hydrogens is 212 g/mol. The lowest BCUT2D eigenvalue weighted by atomic mass is 10.4. The number of rotatable bonds is 0. The molecule has 0 fully saturated rings. The van der Waals surface area contributed by atoms with Gasteiger partial charge < -0.3 is 0 Å². The van der Waals surface area contributed by atoms with Crippen molar-refractivity contribution in [1.82, 2.24) is 0 Å². The third-order valence-electron chi connectivity index (χ3n) is 1.38. The Morgan fingerprint density at radius 2 is 0.923 bits per heavy atom. The van der Waals surface area contributed by atoms with Gasteiger partial charge in [0.15, 0.2) is 0 Å². The third-order valence-corrected chi connectivity index (χ3v) is 1.38. The van der Waals surface area contributed by atoms with Gasteiger partial charge >= 0.3 is 18.3 Å². The molecule has 0 aromatic rings. The van der Waals surface area contributed by atoms with Crippen molar-refractivity contribution in [3.8, 4) is 0 Å². The molecule has 0 amide bonds. The van der Waals surface area contributed by atoms with Gasteiger partial charge in [0, 0.05) is 0 Å². The van der Waals surface area contributed by atoms with E-state index in [9.17, 15) is 35.1 Å². The first kappa shape index (κ1) is 10.3. The molecule has 0 N–H and O–H groups in total. The number of halogens is 8. The second kappa shape index (κ2) is 2.16. The van der Waals surface area contributed by atoms with E-state index in [-0.39, 0.29) is 0 Å². The van der Waals surface area contributed by atoms with Crippen molar-refractivity contribution < 1.29 is 35.1 Å². The van der Waals surface area contributed by atoms with E-state index in [0.717, 1.165) is 0 Å². The second-order valence-corrected chi connectivity index (χ2v) is 2.32. The zero-order valence-electron chi connectivity index (χ0n) is 5.52. The fourth-order valence-corrected chi connectivity index (χ4v) is 0.875. The molecule has 0 saturated heterocycles. The van der Waals surface area contributed by atoms with E-state index in [1.54, 1.807) is 0 Å². The van der Waals surface area contributed by atoms with Crippen LogP contribution in [0.2, 0.25) is 0 Å². The van der Waals surface area contributed by atoms with Gasteiger partial charge in [0.05, 0.1) is 0 Å². The largest absolute Gasteiger partial charge is 0.419 e. The van der Waals surface area contributed by atoms with Crippen molar-refractivity contribution in [2.75, 3.05) is 0 Å². The maximum Gasteiger partial charge on any atom is 0.419 e. The minimum absolute atomic E-state index is 2.78. The van der Waals surface area contributed by atoms with Crippen LogP contribution in [0.25, 0.3) is 0 Å². The zero-order chi connectivity index (χ0) is 10.7. The quantitative estimate of drug-likeness (QED) is 0.427. The number of alkyl halides is 8. The van der Waals surface area contributed by atoms with Gasteiger partial charge in [0.1, 0.15) is 11.1 Å². The predicted molar refractivity (Wildman–Crippen MR) is 24.1 cm³/mol. The van der Waals surface area contributed by atoms with Crippen molar-refractivity contribution >= 4 is 0 Å². The van der Waals surface area contributed by atoms with Crippen LogP contribution in [-0.2, 0) is 0 Å². The summed E-state index contributed by atoms with van der Waals surface area (Å²) in [5.41, 5.74) is -5.57. The molecule has 0 aliphatic heterocycles. The molecule has 0 bridgehead atoms. The summed E-state index contributed by atoms with van der Waals surface area (Å²) in [6.45, 7) is 0. The smallest absolute Gasteiger partial charge is 0.196 e. The topological polar surface area (TPSA) is 0 Å². The van der Waals surface area contributed by atoms with Gasteiger partial charge in [-0.15, -0.1) is 0 Å². The van der Waals surface area contributed by atoms with E-state index in [1.165, 1.54) is 0 Å². The Labute approximate surface area is 65.8 Å². The first-order chi connectivity index (χ1) is 5.49. The highest BCUT2D eigenvalue weighted by Crippen LogP contribution is 2.62. The van der Waals surface area contributed by atoms with Gasteiger partial charge in [-0.1, -0.05) is 0 Å². The van der Waals surface area contributed by atoms with E-state index < -0.39 is 29.4 Å². The SMILES string of the molecule is FC(F)(F)C1=C(C(F)(F)F)C1(F)F. The Hall–Kier alpha value is -0.820. The lowest BCUT2D eigenvalue weighted by molar-refractivity contribution is -0.106. The Morgan fingerprint density at radius 1 is 0.692 bits per heavy atom. The highest BCUT2D eigenvalue weighted by atomic mass is 19.4. The maximum atomic E-state index is 11.9. The minimum atomic E-state index is -5.62.